The minimum atomic E-state index is -0.826. The SMILES string of the molecule is Cc1cc(N2C(=O)c3ccc(C(=O)OCC(=O)Nc4ccc(Br)c(Cl)c4)cc3C2=O)no1. The van der Waals surface area contributed by atoms with Crippen molar-refractivity contribution in [3.8, 4) is 0 Å². The highest BCUT2D eigenvalue weighted by Crippen LogP contribution is 2.29. The van der Waals surface area contributed by atoms with Crippen LogP contribution in [-0.2, 0) is 9.53 Å². The van der Waals surface area contributed by atoms with Crippen LogP contribution in [0, 0.1) is 6.92 Å². The van der Waals surface area contributed by atoms with E-state index in [1.807, 2.05) is 0 Å². The van der Waals surface area contributed by atoms with Gasteiger partial charge in [0.25, 0.3) is 17.7 Å². The summed E-state index contributed by atoms with van der Waals surface area (Å²) in [7, 11) is 0. The van der Waals surface area contributed by atoms with Crippen molar-refractivity contribution < 1.29 is 28.4 Å². The lowest BCUT2D eigenvalue weighted by atomic mass is 10.1. The summed E-state index contributed by atoms with van der Waals surface area (Å²) in [6, 6.07) is 10.2. The Morgan fingerprint density at radius 1 is 1.12 bits per heavy atom. The van der Waals surface area contributed by atoms with Crippen molar-refractivity contribution in [1.29, 1.82) is 0 Å². The van der Waals surface area contributed by atoms with E-state index in [9.17, 15) is 19.2 Å². The molecule has 0 fully saturated rings. The molecule has 0 unspecified atom stereocenters. The minimum absolute atomic E-state index is 0.0163. The van der Waals surface area contributed by atoms with Crippen molar-refractivity contribution in [1.82, 2.24) is 5.16 Å². The molecule has 0 saturated carbocycles. The second-order valence-corrected chi connectivity index (χ2v) is 8.02. The van der Waals surface area contributed by atoms with Crippen LogP contribution in [0.1, 0.15) is 36.8 Å². The Morgan fingerprint density at radius 2 is 1.88 bits per heavy atom. The number of amides is 3. The lowest BCUT2D eigenvalue weighted by molar-refractivity contribution is -0.119. The molecule has 1 aromatic heterocycles. The van der Waals surface area contributed by atoms with Crippen LogP contribution in [0.15, 0.2) is 51.5 Å². The third kappa shape index (κ3) is 4.14. The monoisotopic (exact) mass is 517 g/mol. The van der Waals surface area contributed by atoms with Crippen LogP contribution in [-0.4, -0.2) is 35.5 Å². The molecule has 4 rings (SSSR count). The van der Waals surface area contributed by atoms with Gasteiger partial charge in [-0.15, -0.1) is 0 Å². The Bertz CT molecular complexity index is 1290. The number of imide groups is 1. The maximum Gasteiger partial charge on any atom is 0.338 e. The van der Waals surface area contributed by atoms with Crippen molar-refractivity contribution in [2.45, 2.75) is 6.92 Å². The van der Waals surface area contributed by atoms with E-state index < -0.39 is 30.3 Å². The lowest BCUT2D eigenvalue weighted by Crippen LogP contribution is -2.29. The van der Waals surface area contributed by atoms with Crippen LogP contribution in [0.4, 0.5) is 11.5 Å². The molecule has 32 heavy (non-hydrogen) atoms. The Morgan fingerprint density at radius 3 is 2.56 bits per heavy atom. The molecule has 3 amide bonds. The molecule has 0 atom stereocenters. The van der Waals surface area contributed by atoms with Gasteiger partial charge < -0.3 is 14.6 Å². The van der Waals surface area contributed by atoms with Crippen molar-refractivity contribution in [3.05, 3.63) is 74.4 Å². The van der Waals surface area contributed by atoms with E-state index >= 15 is 0 Å². The van der Waals surface area contributed by atoms with E-state index in [2.05, 4.69) is 26.4 Å². The quantitative estimate of drug-likeness (QED) is 0.401. The summed E-state index contributed by atoms with van der Waals surface area (Å²) in [5, 5.41) is 6.66. The normalized spacial score (nSPS) is 12.7. The molecule has 0 bridgehead atoms. The Kier molecular flexibility index (Phi) is 5.81. The van der Waals surface area contributed by atoms with E-state index in [1.165, 1.54) is 30.3 Å². The first-order valence-corrected chi connectivity index (χ1v) is 10.3. The minimum Gasteiger partial charge on any atom is -0.452 e. The fourth-order valence-electron chi connectivity index (χ4n) is 3.02. The van der Waals surface area contributed by atoms with Gasteiger partial charge >= 0.3 is 5.97 Å². The maximum absolute atomic E-state index is 12.7. The molecule has 1 N–H and O–H groups in total. The largest absolute Gasteiger partial charge is 0.452 e. The molecule has 1 aliphatic heterocycles. The molecule has 0 aliphatic carbocycles. The summed E-state index contributed by atoms with van der Waals surface area (Å²) in [5.74, 6) is -2.12. The number of aryl methyl sites for hydroxylation is 1. The zero-order valence-corrected chi connectivity index (χ0v) is 18.7. The van der Waals surface area contributed by atoms with Gasteiger partial charge in [0, 0.05) is 16.2 Å². The van der Waals surface area contributed by atoms with Gasteiger partial charge in [0.2, 0.25) is 0 Å². The summed E-state index contributed by atoms with van der Waals surface area (Å²) < 4.78 is 10.6. The molecule has 1 aliphatic rings. The van der Waals surface area contributed by atoms with Crippen LogP contribution < -0.4 is 10.2 Å². The highest BCUT2D eigenvalue weighted by molar-refractivity contribution is 9.10. The molecule has 3 aromatic rings. The van der Waals surface area contributed by atoms with E-state index in [0.717, 1.165) is 4.90 Å². The Hall–Kier alpha value is -3.50. The topological polar surface area (TPSA) is 119 Å². The van der Waals surface area contributed by atoms with E-state index in [0.29, 0.717) is 20.9 Å². The number of benzene rings is 2. The fourth-order valence-corrected chi connectivity index (χ4v) is 3.45. The number of nitrogens with one attached hydrogen (secondary N) is 1. The highest BCUT2D eigenvalue weighted by atomic mass is 79.9. The average Bonchev–Trinajstić information content (AvgIpc) is 3.29. The molecule has 0 spiro atoms. The van der Waals surface area contributed by atoms with Crippen LogP contribution in [0.5, 0.6) is 0 Å². The second-order valence-electron chi connectivity index (χ2n) is 6.76. The van der Waals surface area contributed by atoms with Gasteiger partial charge in [-0.1, -0.05) is 16.8 Å². The zero-order chi connectivity index (χ0) is 23.0. The third-order valence-electron chi connectivity index (χ3n) is 4.50. The number of carbonyl (C=O) groups is 4. The fraction of sp³-hybridized carbons (Fsp3) is 0.0952. The van der Waals surface area contributed by atoms with E-state index in [1.54, 1.807) is 19.1 Å². The first-order chi connectivity index (χ1) is 15.2. The van der Waals surface area contributed by atoms with Gasteiger partial charge in [0.05, 0.1) is 21.7 Å². The summed E-state index contributed by atoms with van der Waals surface area (Å²) in [4.78, 5) is 50.6. The van der Waals surface area contributed by atoms with Gasteiger partial charge in [-0.2, -0.15) is 0 Å². The lowest BCUT2D eigenvalue weighted by Gasteiger charge is -2.08. The molecule has 0 saturated heterocycles. The van der Waals surface area contributed by atoms with Gasteiger partial charge in [-0.25, -0.2) is 9.69 Å². The number of aromatic nitrogens is 1. The average molecular weight is 519 g/mol. The third-order valence-corrected chi connectivity index (χ3v) is 5.74. The molecule has 162 valence electrons. The number of halogens is 2. The Labute approximate surface area is 194 Å². The number of anilines is 2. The first kappa shape index (κ1) is 21.7. The predicted octanol–water partition coefficient (Wildman–Crippen LogP) is 4.00. The summed E-state index contributed by atoms with van der Waals surface area (Å²) in [6.45, 7) is 1.07. The van der Waals surface area contributed by atoms with Crippen molar-refractivity contribution in [2.75, 3.05) is 16.8 Å². The number of fused-ring (bicyclic) bond motifs is 1. The molecule has 2 heterocycles. The number of hydrogen-bond acceptors (Lipinski definition) is 7. The molecular formula is C21H13BrClN3O6. The second kappa shape index (κ2) is 8.56. The van der Waals surface area contributed by atoms with Gasteiger partial charge in [-0.05, 0) is 59.3 Å². The van der Waals surface area contributed by atoms with Gasteiger partial charge in [0.15, 0.2) is 12.4 Å². The van der Waals surface area contributed by atoms with Crippen molar-refractivity contribution in [2.24, 2.45) is 0 Å². The first-order valence-electron chi connectivity index (χ1n) is 9.13. The molecule has 2 aromatic carbocycles. The summed E-state index contributed by atoms with van der Waals surface area (Å²) >= 11 is 9.22. The standard InChI is InChI=1S/C21H13BrClN3O6/c1-10-6-17(25-32-10)26-19(28)13-4-2-11(7-14(13)20(26)29)21(30)31-9-18(27)24-12-3-5-15(22)16(23)8-12/h2-8H,9H2,1H3,(H,24,27). The van der Waals surface area contributed by atoms with Crippen LogP contribution in [0.25, 0.3) is 0 Å². The number of carbonyl (C=O) groups excluding carboxylic acids is 4. The van der Waals surface area contributed by atoms with Crippen molar-refractivity contribution in [3.63, 3.8) is 0 Å². The maximum atomic E-state index is 12.7. The Balaban J connectivity index is 1.43. The smallest absolute Gasteiger partial charge is 0.338 e. The molecule has 0 radical (unpaired) electrons. The highest BCUT2D eigenvalue weighted by Gasteiger charge is 2.38. The summed E-state index contributed by atoms with van der Waals surface area (Å²) in [5.41, 5.74) is 0.600. The predicted molar refractivity (Wildman–Crippen MR) is 117 cm³/mol. The summed E-state index contributed by atoms with van der Waals surface area (Å²) in [6.07, 6.45) is 0. The zero-order valence-electron chi connectivity index (χ0n) is 16.3. The number of ether oxygens (including phenoxy) is 1. The van der Waals surface area contributed by atoms with E-state index in [4.69, 9.17) is 20.9 Å². The molecule has 9 nitrogen and oxygen atoms in total. The van der Waals surface area contributed by atoms with Crippen LogP contribution >= 0.6 is 27.5 Å². The number of esters is 1. The number of nitrogens with zero attached hydrogens (tertiary/aromatic N) is 2. The van der Waals surface area contributed by atoms with E-state index in [-0.39, 0.29) is 22.5 Å². The van der Waals surface area contributed by atoms with Gasteiger partial charge in [-0.3, -0.25) is 14.4 Å². The van der Waals surface area contributed by atoms with Crippen LogP contribution in [0.2, 0.25) is 5.02 Å². The van der Waals surface area contributed by atoms with Crippen molar-refractivity contribution >= 4 is 62.7 Å². The molecule has 11 heteroatoms. The molecular weight excluding hydrogens is 506 g/mol. The number of rotatable bonds is 5. The van der Waals surface area contributed by atoms with Gasteiger partial charge in [0.1, 0.15) is 5.76 Å². The van der Waals surface area contributed by atoms with Crippen LogP contribution in [0.3, 0.4) is 0 Å². The number of hydrogen-bond donors (Lipinski definition) is 1.